The minimum atomic E-state index is 0.0785. The van der Waals surface area contributed by atoms with Crippen LogP contribution in [0.1, 0.15) is 19.5 Å². The number of nitrogens with zero attached hydrogens (tertiary/aromatic N) is 4. The van der Waals surface area contributed by atoms with E-state index in [1.807, 2.05) is 47.7 Å². The van der Waals surface area contributed by atoms with Crippen molar-refractivity contribution in [3.8, 4) is 0 Å². The molecule has 3 heterocycles. The first-order valence-corrected chi connectivity index (χ1v) is 8.05. The van der Waals surface area contributed by atoms with Crippen molar-refractivity contribution in [2.24, 2.45) is 5.92 Å². The summed E-state index contributed by atoms with van der Waals surface area (Å²) in [4.78, 5) is 20.9. The van der Waals surface area contributed by atoms with Gasteiger partial charge in [0.1, 0.15) is 5.65 Å². The Morgan fingerprint density at radius 1 is 1.23 bits per heavy atom. The number of aromatic nitrogens is 2. The van der Waals surface area contributed by atoms with Crippen LogP contribution < -0.4 is 0 Å². The number of hydrogen-bond donors (Lipinski definition) is 0. The van der Waals surface area contributed by atoms with Crippen molar-refractivity contribution in [1.82, 2.24) is 19.2 Å². The molecule has 118 valence electrons. The standard InChI is InChI=1S/C16H21ClN4O/c1-12(2)16(22)20-7-5-19(6-8-20)10-14-11-21-9-13(17)3-4-15(21)18-14/h3-4,9,11-12H,5-8,10H2,1-2H3. The van der Waals surface area contributed by atoms with Crippen LogP contribution in [0, 0.1) is 5.92 Å². The summed E-state index contributed by atoms with van der Waals surface area (Å²) in [5.41, 5.74) is 1.94. The fraction of sp³-hybridized carbons (Fsp3) is 0.500. The second-order valence-electron chi connectivity index (χ2n) is 6.10. The lowest BCUT2D eigenvalue weighted by molar-refractivity contribution is -0.136. The molecule has 3 rings (SSSR count). The Labute approximate surface area is 135 Å². The molecule has 0 spiro atoms. The van der Waals surface area contributed by atoms with Crippen molar-refractivity contribution in [3.63, 3.8) is 0 Å². The molecule has 0 aliphatic carbocycles. The lowest BCUT2D eigenvalue weighted by atomic mass is 10.1. The van der Waals surface area contributed by atoms with Crippen molar-refractivity contribution in [3.05, 3.63) is 35.2 Å². The van der Waals surface area contributed by atoms with Gasteiger partial charge in [-0.25, -0.2) is 4.98 Å². The third-order valence-electron chi connectivity index (χ3n) is 4.03. The Bertz CT molecular complexity index is 674. The fourth-order valence-electron chi connectivity index (χ4n) is 2.81. The van der Waals surface area contributed by atoms with E-state index in [0.29, 0.717) is 5.02 Å². The number of halogens is 1. The summed E-state index contributed by atoms with van der Waals surface area (Å²) < 4.78 is 1.95. The Morgan fingerprint density at radius 2 is 1.95 bits per heavy atom. The molecule has 0 radical (unpaired) electrons. The molecule has 5 nitrogen and oxygen atoms in total. The first-order chi connectivity index (χ1) is 10.5. The molecule has 1 amide bonds. The van der Waals surface area contributed by atoms with Crippen molar-refractivity contribution < 1.29 is 4.79 Å². The molecule has 6 heteroatoms. The molecule has 0 atom stereocenters. The maximum atomic E-state index is 12.0. The van der Waals surface area contributed by atoms with Crippen LogP contribution in [-0.2, 0) is 11.3 Å². The van der Waals surface area contributed by atoms with E-state index in [9.17, 15) is 4.79 Å². The van der Waals surface area contributed by atoms with E-state index in [1.165, 1.54) is 0 Å². The molecule has 1 aliphatic heterocycles. The Hall–Kier alpha value is -1.59. The van der Waals surface area contributed by atoms with E-state index < -0.39 is 0 Å². The summed E-state index contributed by atoms with van der Waals surface area (Å²) in [6.45, 7) is 8.11. The van der Waals surface area contributed by atoms with E-state index >= 15 is 0 Å². The Morgan fingerprint density at radius 3 is 2.64 bits per heavy atom. The average Bonchev–Trinajstić information content (AvgIpc) is 2.88. The normalized spacial score (nSPS) is 16.6. The Balaban J connectivity index is 1.61. The molecular weight excluding hydrogens is 300 g/mol. The number of pyridine rings is 1. The summed E-state index contributed by atoms with van der Waals surface area (Å²) in [7, 11) is 0. The van der Waals surface area contributed by atoms with Crippen LogP contribution >= 0.6 is 11.6 Å². The molecule has 0 unspecified atom stereocenters. The highest BCUT2D eigenvalue weighted by molar-refractivity contribution is 6.30. The molecule has 2 aromatic rings. The monoisotopic (exact) mass is 320 g/mol. The molecule has 0 aromatic carbocycles. The summed E-state index contributed by atoms with van der Waals surface area (Å²) in [5, 5.41) is 0.706. The van der Waals surface area contributed by atoms with Gasteiger partial charge in [0, 0.05) is 51.0 Å². The van der Waals surface area contributed by atoms with Crippen LogP contribution in [0.2, 0.25) is 5.02 Å². The molecular formula is C16H21ClN4O. The number of rotatable bonds is 3. The molecule has 0 bridgehead atoms. The number of hydrogen-bond acceptors (Lipinski definition) is 3. The van der Waals surface area contributed by atoms with Gasteiger partial charge in [-0.3, -0.25) is 9.69 Å². The Kier molecular flexibility index (Phi) is 4.36. The SMILES string of the molecule is CC(C)C(=O)N1CCN(Cc2cn3cc(Cl)ccc3n2)CC1. The van der Waals surface area contributed by atoms with Crippen molar-refractivity contribution in [1.29, 1.82) is 0 Å². The van der Waals surface area contributed by atoms with Gasteiger partial charge in [-0.2, -0.15) is 0 Å². The maximum Gasteiger partial charge on any atom is 0.225 e. The zero-order valence-corrected chi connectivity index (χ0v) is 13.8. The van der Waals surface area contributed by atoms with Gasteiger partial charge in [0.05, 0.1) is 10.7 Å². The topological polar surface area (TPSA) is 40.9 Å². The maximum absolute atomic E-state index is 12.0. The number of amides is 1. The van der Waals surface area contributed by atoms with Gasteiger partial charge in [-0.1, -0.05) is 25.4 Å². The largest absolute Gasteiger partial charge is 0.340 e. The summed E-state index contributed by atoms with van der Waals surface area (Å²) in [6.07, 6.45) is 3.89. The van der Waals surface area contributed by atoms with Crippen LogP contribution in [0.25, 0.3) is 5.65 Å². The lowest BCUT2D eigenvalue weighted by Crippen LogP contribution is -2.49. The van der Waals surface area contributed by atoms with Crippen molar-refractivity contribution in [2.45, 2.75) is 20.4 Å². The van der Waals surface area contributed by atoms with E-state index in [2.05, 4.69) is 9.88 Å². The number of carbonyl (C=O) groups excluding carboxylic acids is 1. The summed E-state index contributed by atoms with van der Waals surface area (Å²) >= 11 is 5.99. The lowest BCUT2D eigenvalue weighted by Gasteiger charge is -2.35. The predicted octanol–water partition coefficient (Wildman–Crippen LogP) is 2.29. The van der Waals surface area contributed by atoms with Gasteiger partial charge >= 0.3 is 0 Å². The third kappa shape index (κ3) is 3.25. The van der Waals surface area contributed by atoms with Gasteiger partial charge in [-0.15, -0.1) is 0 Å². The van der Waals surface area contributed by atoms with Crippen LogP contribution in [0.15, 0.2) is 24.5 Å². The molecule has 0 N–H and O–H groups in total. The minimum absolute atomic E-state index is 0.0785. The van der Waals surface area contributed by atoms with Gasteiger partial charge in [0.25, 0.3) is 0 Å². The highest BCUT2D eigenvalue weighted by Gasteiger charge is 2.23. The third-order valence-corrected chi connectivity index (χ3v) is 4.25. The van der Waals surface area contributed by atoms with Crippen LogP contribution in [0.5, 0.6) is 0 Å². The second-order valence-corrected chi connectivity index (χ2v) is 6.54. The van der Waals surface area contributed by atoms with Crippen molar-refractivity contribution >= 4 is 23.2 Å². The molecule has 1 fully saturated rings. The predicted molar refractivity (Wildman–Crippen MR) is 86.9 cm³/mol. The molecule has 1 aliphatic rings. The highest BCUT2D eigenvalue weighted by Crippen LogP contribution is 2.14. The molecule has 22 heavy (non-hydrogen) atoms. The quantitative estimate of drug-likeness (QED) is 0.871. The second kappa shape index (κ2) is 6.26. The van der Waals surface area contributed by atoms with E-state index in [-0.39, 0.29) is 11.8 Å². The highest BCUT2D eigenvalue weighted by atomic mass is 35.5. The molecule has 2 aromatic heterocycles. The van der Waals surface area contributed by atoms with Gasteiger partial charge in [0.2, 0.25) is 5.91 Å². The number of imidazole rings is 1. The smallest absolute Gasteiger partial charge is 0.225 e. The number of fused-ring (bicyclic) bond motifs is 1. The molecule has 1 saturated heterocycles. The number of piperazine rings is 1. The summed E-state index contributed by atoms with van der Waals surface area (Å²) in [6, 6.07) is 3.77. The van der Waals surface area contributed by atoms with E-state index in [0.717, 1.165) is 44.1 Å². The van der Waals surface area contributed by atoms with Gasteiger partial charge in [-0.05, 0) is 12.1 Å². The van der Waals surface area contributed by atoms with Crippen molar-refractivity contribution in [2.75, 3.05) is 26.2 Å². The van der Waals surface area contributed by atoms with Crippen LogP contribution in [0.4, 0.5) is 0 Å². The fourth-order valence-corrected chi connectivity index (χ4v) is 2.98. The van der Waals surface area contributed by atoms with E-state index in [1.54, 1.807) is 0 Å². The average molecular weight is 321 g/mol. The van der Waals surface area contributed by atoms with Gasteiger partial charge in [0.15, 0.2) is 0 Å². The number of carbonyl (C=O) groups is 1. The van der Waals surface area contributed by atoms with Gasteiger partial charge < -0.3 is 9.30 Å². The zero-order chi connectivity index (χ0) is 15.7. The van der Waals surface area contributed by atoms with Crippen LogP contribution in [0.3, 0.4) is 0 Å². The zero-order valence-electron chi connectivity index (χ0n) is 13.0. The minimum Gasteiger partial charge on any atom is -0.340 e. The molecule has 0 saturated carbocycles. The first-order valence-electron chi connectivity index (χ1n) is 7.67. The first kappa shape index (κ1) is 15.3. The van der Waals surface area contributed by atoms with Crippen LogP contribution in [-0.4, -0.2) is 51.3 Å². The van der Waals surface area contributed by atoms with E-state index in [4.69, 9.17) is 11.6 Å². The summed E-state index contributed by atoms with van der Waals surface area (Å²) in [5.74, 6) is 0.330.